The van der Waals surface area contributed by atoms with E-state index in [9.17, 15) is 0 Å². The van der Waals surface area contributed by atoms with E-state index >= 15 is 0 Å². The van der Waals surface area contributed by atoms with Crippen LogP contribution >= 0.6 is 11.3 Å². The first-order valence-electron chi connectivity index (χ1n) is 8.49. The van der Waals surface area contributed by atoms with Crippen LogP contribution in [0, 0.1) is 13.8 Å². The first kappa shape index (κ1) is 15.6. The van der Waals surface area contributed by atoms with Gasteiger partial charge in [-0.1, -0.05) is 17.7 Å². The summed E-state index contributed by atoms with van der Waals surface area (Å²) in [5, 5.41) is 4.44. The van der Waals surface area contributed by atoms with E-state index in [4.69, 9.17) is 9.40 Å². The van der Waals surface area contributed by atoms with E-state index < -0.39 is 0 Å². The van der Waals surface area contributed by atoms with Gasteiger partial charge in [0.25, 0.3) is 0 Å². The van der Waals surface area contributed by atoms with Gasteiger partial charge in [-0.05, 0) is 67.3 Å². The number of hydrogen-bond donors (Lipinski definition) is 0. The molecule has 0 amide bonds. The summed E-state index contributed by atoms with van der Waals surface area (Å²) >= 11 is 1.78. The van der Waals surface area contributed by atoms with Crippen LogP contribution in [0.15, 0.2) is 45.7 Å². The highest BCUT2D eigenvalue weighted by Crippen LogP contribution is 2.34. The van der Waals surface area contributed by atoms with Gasteiger partial charge in [-0.15, -0.1) is 0 Å². The number of rotatable bonds is 4. The molecule has 1 aromatic carbocycles. The van der Waals surface area contributed by atoms with E-state index in [1.165, 1.54) is 29.5 Å². The van der Waals surface area contributed by atoms with Gasteiger partial charge in [-0.25, -0.2) is 4.98 Å². The van der Waals surface area contributed by atoms with Crippen LogP contribution in [-0.4, -0.2) is 16.4 Å². The Labute approximate surface area is 147 Å². The Balaban J connectivity index is 1.53. The molecule has 1 fully saturated rings. The molecule has 0 spiro atoms. The van der Waals surface area contributed by atoms with Crippen molar-refractivity contribution in [2.75, 3.05) is 6.54 Å². The number of benzene rings is 1. The molecule has 0 saturated carbocycles. The molecular formula is C20H22N2OS. The first-order chi connectivity index (χ1) is 11.7. The zero-order chi connectivity index (χ0) is 16.5. The summed E-state index contributed by atoms with van der Waals surface area (Å²) in [7, 11) is 0. The van der Waals surface area contributed by atoms with Crippen LogP contribution in [0.5, 0.6) is 0 Å². The number of aryl methyl sites for hydroxylation is 2. The Morgan fingerprint density at radius 2 is 2.21 bits per heavy atom. The van der Waals surface area contributed by atoms with Gasteiger partial charge in [0.2, 0.25) is 5.89 Å². The molecule has 3 aromatic rings. The summed E-state index contributed by atoms with van der Waals surface area (Å²) in [6.45, 7) is 6.20. The molecule has 0 aliphatic carbocycles. The summed E-state index contributed by atoms with van der Waals surface area (Å²) in [4.78, 5) is 7.26. The Kier molecular flexibility index (Phi) is 4.25. The van der Waals surface area contributed by atoms with Crippen molar-refractivity contribution in [1.82, 2.24) is 9.88 Å². The minimum Gasteiger partial charge on any atom is -0.444 e. The Morgan fingerprint density at radius 1 is 1.29 bits per heavy atom. The van der Waals surface area contributed by atoms with E-state index in [2.05, 4.69) is 53.8 Å². The Morgan fingerprint density at radius 3 is 3.00 bits per heavy atom. The highest BCUT2D eigenvalue weighted by Gasteiger charge is 2.27. The average Bonchev–Trinajstić information content (AvgIpc) is 3.28. The third kappa shape index (κ3) is 3.04. The lowest BCUT2D eigenvalue weighted by Crippen LogP contribution is -2.22. The van der Waals surface area contributed by atoms with Gasteiger partial charge in [0.1, 0.15) is 6.26 Å². The number of aromatic nitrogens is 1. The van der Waals surface area contributed by atoms with Crippen LogP contribution in [0.1, 0.15) is 41.3 Å². The largest absolute Gasteiger partial charge is 0.444 e. The normalized spacial score (nSPS) is 18.3. The second kappa shape index (κ2) is 6.54. The van der Waals surface area contributed by atoms with Crippen molar-refractivity contribution in [2.45, 2.75) is 39.3 Å². The smallest absolute Gasteiger partial charge is 0.226 e. The van der Waals surface area contributed by atoms with Gasteiger partial charge in [0, 0.05) is 18.2 Å². The zero-order valence-corrected chi connectivity index (χ0v) is 15.0. The molecular weight excluding hydrogens is 316 g/mol. The van der Waals surface area contributed by atoms with Crippen molar-refractivity contribution < 1.29 is 4.42 Å². The quantitative estimate of drug-likeness (QED) is 0.641. The zero-order valence-electron chi connectivity index (χ0n) is 14.2. The summed E-state index contributed by atoms with van der Waals surface area (Å²) < 4.78 is 5.77. The van der Waals surface area contributed by atoms with E-state index in [1.807, 2.05) is 6.26 Å². The van der Waals surface area contributed by atoms with Crippen LogP contribution in [0.3, 0.4) is 0 Å². The molecule has 3 heterocycles. The summed E-state index contributed by atoms with van der Waals surface area (Å²) in [5.74, 6) is 0.730. The molecule has 0 bridgehead atoms. The molecule has 0 unspecified atom stereocenters. The van der Waals surface area contributed by atoms with E-state index in [0.717, 1.165) is 30.2 Å². The van der Waals surface area contributed by atoms with Crippen molar-refractivity contribution in [3.05, 3.63) is 63.7 Å². The molecule has 3 nitrogen and oxygen atoms in total. The molecule has 4 rings (SSSR count). The van der Waals surface area contributed by atoms with E-state index in [-0.39, 0.29) is 0 Å². The van der Waals surface area contributed by atoms with Crippen molar-refractivity contribution in [1.29, 1.82) is 0 Å². The molecule has 0 N–H and O–H groups in total. The third-order valence-electron chi connectivity index (χ3n) is 4.82. The fourth-order valence-electron chi connectivity index (χ4n) is 3.62. The lowest BCUT2D eigenvalue weighted by Gasteiger charge is -2.22. The van der Waals surface area contributed by atoms with Gasteiger partial charge < -0.3 is 4.42 Å². The molecule has 1 atom stereocenters. The van der Waals surface area contributed by atoms with Crippen molar-refractivity contribution in [2.24, 2.45) is 0 Å². The monoisotopic (exact) mass is 338 g/mol. The summed E-state index contributed by atoms with van der Waals surface area (Å²) in [6, 6.07) is 9.16. The van der Waals surface area contributed by atoms with Crippen molar-refractivity contribution in [3.63, 3.8) is 0 Å². The second-order valence-electron chi connectivity index (χ2n) is 6.65. The van der Waals surface area contributed by atoms with Gasteiger partial charge in [-0.2, -0.15) is 11.3 Å². The number of oxazole rings is 1. The SMILES string of the molecule is Cc1ccc(-c2nc(CN3CCC[C@H]3c3ccsc3)co2)c(C)c1. The third-order valence-corrected chi connectivity index (χ3v) is 5.52. The van der Waals surface area contributed by atoms with Gasteiger partial charge in [-0.3, -0.25) is 4.90 Å². The van der Waals surface area contributed by atoms with Gasteiger partial charge in [0.05, 0.1) is 5.69 Å². The van der Waals surface area contributed by atoms with Crippen molar-refractivity contribution >= 4 is 11.3 Å². The fourth-order valence-corrected chi connectivity index (χ4v) is 4.33. The summed E-state index contributed by atoms with van der Waals surface area (Å²) in [6.07, 6.45) is 4.30. The minimum atomic E-state index is 0.525. The average molecular weight is 338 g/mol. The fraction of sp³-hybridized carbons (Fsp3) is 0.350. The molecule has 1 aliphatic heterocycles. The Bertz CT molecular complexity index is 822. The number of nitrogens with zero attached hydrogens (tertiary/aromatic N) is 2. The van der Waals surface area contributed by atoms with Crippen LogP contribution < -0.4 is 0 Å². The van der Waals surface area contributed by atoms with E-state index in [0.29, 0.717) is 6.04 Å². The minimum absolute atomic E-state index is 0.525. The molecule has 124 valence electrons. The van der Waals surface area contributed by atoms with Crippen LogP contribution in [0.25, 0.3) is 11.5 Å². The van der Waals surface area contributed by atoms with Crippen LogP contribution in [0.2, 0.25) is 0 Å². The van der Waals surface area contributed by atoms with Crippen LogP contribution in [-0.2, 0) is 6.54 Å². The maximum absolute atomic E-state index is 5.77. The van der Waals surface area contributed by atoms with Crippen LogP contribution in [0.4, 0.5) is 0 Å². The molecule has 2 aromatic heterocycles. The number of hydrogen-bond acceptors (Lipinski definition) is 4. The Hall–Kier alpha value is -1.91. The summed E-state index contributed by atoms with van der Waals surface area (Å²) in [5.41, 5.74) is 6.02. The maximum Gasteiger partial charge on any atom is 0.226 e. The van der Waals surface area contributed by atoms with Gasteiger partial charge in [0.15, 0.2) is 0 Å². The molecule has 1 saturated heterocycles. The molecule has 4 heteroatoms. The topological polar surface area (TPSA) is 29.3 Å². The highest BCUT2D eigenvalue weighted by molar-refractivity contribution is 7.07. The maximum atomic E-state index is 5.77. The number of likely N-dealkylation sites (tertiary alicyclic amines) is 1. The molecule has 24 heavy (non-hydrogen) atoms. The lowest BCUT2D eigenvalue weighted by atomic mass is 10.1. The lowest BCUT2D eigenvalue weighted by molar-refractivity contribution is 0.246. The molecule has 1 aliphatic rings. The predicted molar refractivity (Wildman–Crippen MR) is 98.1 cm³/mol. The standard InChI is InChI=1S/C20H22N2OS/c1-14-5-6-18(15(2)10-14)20-21-17(12-23-20)11-22-8-3-4-19(22)16-7-9-24-13-16/h5-7,9-10,12-13,19H,3-4,8,11H2,1-2H3/t19-/m0/s1. The number of thiophene rings is 1. The molecule has 0 radical (unpaired) electrons. The van der Waals surface area contributed by atoms with E-state index in [1.54, 1.807) is 11.3 Å². The van der Waals surface area contributed by atoms with Gasteiger partial charge >= 0.3 is 0 Å². The first-order valence-corrected chi connectivity index (χ1v) is 9.43. The second-order valence-corrected chi connectivity index (χ2v) is 7.43. The predicted octanol–water partition coefficient (Wildman–Crippen LogP) is 5.36. The van der Waals surface area contributed by atoms with Crippen molar-refractivity contribution in [3.8, 4) is 11.5 Å². The highest BCUT2D eigenvalue weighted by atomic mass is 32.1.